The third-order valence-electron chi connectivity index (χ3n) is 3.67. The largest absolute Gasteiger partial charge is 0.493 e. The van der Waals surface area contributed by atoms with E-state index in [0.29, 0.717) is 12.2 Å². The van der Waals surface area contributed by atoms with Crippen LogP contribution < -0.4 is 20.9 Å². The van der Waals surface area contributed by atoms with Crippen LogP contribution in [-0.2, 0) is 0 Å². The number of nitrogens with one attached hydrogen (secondary N) is 3. The van der Waals surface area contributed by atoms with Gasteiger partial charge in [0.25, 0.3) is 5.91 Å². The van der Waals surface area contributed by atoms with E-state index in [-0.39, 0.29) is 6.17 Å². The Morgan fingerprint density at radius 2 is 2.00 bits per heavy atom. The predicted octanol–water partition coefficient (Wildman–Crippen LogP) is 3.13. The molecule has 4 N–H and O–H groups in total. The molecule has 120 valence electrons. The van der Waals surface area contributed by atoms with Crippen molar-refractivity contribution in [3.63, 3.8) is 0 Å². The minimum absolute atomic E-state index is 0.134. The lowest BCUT2D eigenvalue weighted by Gasteiger charge is -2.17. The quantitative estimate of drug-likeness (QED) is 0.503. The van der Waals surface area contributed by atoms with E-state index in [1.54, 1.807) is 17.6 Å². The lowest BCUT2D eigenvalue weighted by molar-refractivity contribution is 0.0706. The van der Waals surface area contributed by atoms with E-state index in [4.69, 9.17) is 9.94 Å². The lowest BCUT2D eigenvalue weighted by atomic mass is 10.1. The maximum absolute atomic E-state index is 11.5. The van der Waals surface area contributed by atoms with Crippen molar-refractivity contribution in [3.05, 3.63) is 53.6 Å². The topological polar surface area (TPSA) is 82.6 Å². The summed E-state index contributed by atoms with van der Waals surface area (Å²) >= 11 is 0. The summed E-state index contributed by atoms with van der Waals surface area (Å²) in [6.45, 7) is 2.73. The molecule has 0 fully saturated rings. The average molecular weight is 313 g/mol. The summed E-state index contributed by atoms with van der Waals surface area (Å²) in [7, 11) is 0. The smallest absolute Gasteiger partial charge is 0.274 e. The Morgan fingerprint density at radius 1 is 1.22 bits per heavy atom. The molecule has 0 saturated carbocycles. The lowest BCUT2D eigenvalue weighted by Crippen LogP contribution is -2.18. The van der Waals surface area contributed by atoms with Crippen molar-refractivity contribution in [2.45, 2.75) is 19.5 Å². The first-order chi connectivity index (χ1) is 11.2. The molecule has 6 heteroatoms. The molecular weight excluding hydrogens is 294 g/mol. The second-order valence-corrected chi connectivity index (χ2v) is 5.31. The van der Waals surface area contributed by atoms with Gasteiger partial charge in [-0.3, -0.25) is 10.0 Å². The molecule has 3 rings (SSSR count). The molecule has 1 heterocycles. The van der Waals surface area contributed by atoms with E-state index in [9.17, 15) is 4.79 Å². The highest BCUT2D eigenvalue weighted by Crippen LogP contribution is 2.38. The van der Waals surface area contributed by atoms with Crippen LogP contribution in [0.4, 0.5) is 11.4 Å². The predicted molar refractivity (Wildman–Crippen MR) is 87.9 cm³/mol. The Bertz CT molecular complexity index is 718. The van der Waals surface area contributed by atoms with Crippen molar-refractivity contribution in [1.29, 1.82) is 0 Å². The summed E-state index contributed by atoms with van der Waals surface area (Å²) in [5.41, 5.74) is 4.74. The van der Waals surface area contributed by atoms with Crippen LogP contribution >= 0.6 is 0 Å². The van der Waals surface area contributed by atoms with Gasteiger partial charge in [-0.15, -0.1) is 0 Å². The number of amides is 1. The minimum Gasteiger partial charge on any atom is -0.493 e. The molecule has 1 aliphatic rings. The van der Waals surface area contributed by atoms with Crippen LogP contribution in [0.1, 0.15) is 35.4 Å². The number of fused-ring (bicyclic) bond motifs is 1. The first-order valence-electron chi connectivity index (χ1n) is 7.56. The summed E-state index contributed by atoms with van der Waals surface area (Å²) in [5, 5.41) is 15.4. The summed E-state index contributed by atoms with van der Waals surface area (Å²) in [5.74, 6) is 0.296. The van der Waals surface area contributed by atoms with Gasteiger partial charge in [0, 0.05) is 11.1 Å². The van der Waals surface area contributed by atoms with Crippen molar-refractivity contribution in [3.8, 4) is 5.75 Å². The van der Waals surface area contributed by atoms with E-state index in [0.717, 1.165) is 29.1 Å². The number of benzene rings is 2. The molecule has 23 heavy (non-hydrogen) atoms. The molecule has 1 aliphatic heterocycles. The fraction of sp³-hybridized carbons (Fsp3) is 0.235. The summed E-state index contributed by atoms with van der Waals surface area (Å²) in [4.78, 5) is 11.5. The number of hydrogen-bond donors (Lipinski definition) is 4. The molecule has 0 bridgehead atoms. The van der Waals surface area contributed by atoms with Crippen molar-refractivity contribution in [1.82, 2.24) is 5.48 Å². The van der Waals surface area contributed by atoms with Gasteiger partial charge in [-0.05, 0) is 30.7 Å². The van der Waals surface area contributed by atoms with Crippen LogP contribution in [0.2, 0.25) is 0 Å². The monoisotopic (exact) mass is 313 g/mol. The standard InChI is InChI=1S/C17H19N3O3/c1-2-9-23-15-6-4-3-5-12(15)16-18-13-8-7-11(17(21)20-22)10-14(13)19-16/h3-8,10,16,18-19,22H,2,9H2,1H3,(H,20,21). The Balaban J connectivity index is 1.83. The molecule has 1 unspecified atom stereocenters. The molecule has 6 nitrogen and oxygen atoms in total. The van der Waals surface area contributed by atoms with Gasteiger partial charge in [0.2, 0.25) is 0 Å². The summed E-state index contributed by atoms with van der Waals surface area (Å²) < 4.78 is 5.80. The van der Waals surface area contributed by atoms with Gasteiger partial charge in [0.1, 0.15) is 11.9 Å². The fourth-order valence-electron chi connectivity index (χ4n) is 2.56. The number of para-hydroxylation sites is 1. The first kappa shape index (κ1) is 15.2. The second kappa shape index (κ2) is 6.58. The first-order valence-corrected chi connectivity index (χ1v) is 7.56. The molecule has 1 atom stereocenters. The Kier molecular flexibility index (Phi) is 4.34. The van der Waals surface area contributed by atoms with E-state index >= 15 is 0 Å². The number of carbonyl (C=O) groups is 1. The van der Waals surface area contributed by atoms with Gasteiger partial charge >= 0.3 is 0 Å². The number of ether oxygens (including phenoxy) is 1. The van der Waals surface area contributed by atoms with E-state index in [2.05, 4.69) is 17.6 Å². The van der Waals surface area contributed by atoms with Gasteiger partial charge in [-0.1, -0.05) is 25.1 Å². The molecule has 0 radical (unpaired) electrons. The molecule has 0 aliphatic carbocycles. The third-order valence-corrected chi connectivity index (χ3v) is 3.67. The highest BCUT2D eigenvalue weighted by molar-refractivity contribution is 5.96. The van der Waals surface area contributed by atoms with Gasteiger partial charge in [-0.2, -0.15) is 0 Å². The normalized spacial score (nSPS) is 15.3. The Morgan fingerprint density at radius 3 is 2.78 bits per heavy atom. The van der Waals surface area contributed by atoms with Crippen molar-refractivity contribution in [2.24, 2.45) is 0 Å². The zero-order valence-corrected chi connectivity index (χ0v) is 12.8. The highest BCUT2D eigenvalue weighted by Gasteiger charge is 2.24. The molecule has 0 spiro atoms. The zero-order valence-electron chi connectivity index (χ0n) is 12.8. The number of hydroxylamine groups is 1. The molecule has 2 aromatic rings. The SMILES string of the molecule is CCCOc1ccccc1C1Nc2ccc(C(=O)NO)cc2N1. The van der Waals surface area contributed by atoms with Gasteiger partial charge in [0.05, 0.1) is 18.0 Å². The van der Waals surface area contributed by atoms with Gasteiger partial charge < -0.3 is 15.4 Å². The van der Waals surface area contributed by atoms with Crippen molar-refractivity contribution >= 4 is 17.3 Å². The summed E-state index contributed by atoms with van der Waals surface area (Å²) in [6, 6.07) is 13.0. The van der Waals surface area contributed by atoms with Crippen molar-refractivity contribution in [2.75, 3.05) is 17.2 Å². The summed E-state index contributed by atoms with van der Waals surface area (Å²) in [6.07, 6.45) is 0.810. The van der Waals surface area contributed by atoms with E-state index in [1.165, 1.54) is 0 Å². The number of anilines is 2. The molecule has 2 aromatic carbocycles. The van der Waals surface area contributed by atoms with Crippen LogP contribution in [0, 0.1) is 0 Å². The van der Waals surface area contributed by atoms with Crippen LogP contribution in [0.25, 0.3) is 0 Å². The number of hydrogen-bond acceptors (Lipinski definition) is 5. The zero-order chi connectivity index (χ0) is 16.2. The van der Waals surface area contributed by atoms with Crippen LogP contribution in [0.15, 0.2) is 42.5 Å². The van der Waals surface area contributed by atoms with Gasteiger partial charge in [-0.25, -0.2) is 5.48 Å². The Hall–Kier alpha value is -2.73. The maximum Gasteiger partial charge on any atom is 0.274 e. The van der Waals surface area contributed by atoms with Crippen LogP contribution in [0.3, 0.4) is 0 Å². The fourth-order valence-corrected chi connectivity index (χ4v) is 2.56. The Labute approximate surface area is 134 Å². The molecule has 0 aromatic heterocycles. The second-order valence-electron chi connectivity index (χ2n) is 5.31. The molecular formula is C17H19N3O3. The molecule has 1 amide bonds. The number of rotatable bonds is 5. The van der Waals surface area contributed by atoms with Crippen LogP contribution in [0.5, 0.6) is 5.75 Å². The van der Waals surface area contributed by atoms with E-state index < -0.39 is 5.91 Å². The third kappa shape index (κ3) is 3.07. The van der Waals surface area contributed by atoms with Crippen LogP contribution in [-0.4, -0.2) is 17.7 Å². The minimum atomic E-state index is -0.537. The molecule has 0 saturated heterocycles. The van der Waals surface area contributed by atoms with Gasteiger partial charge in [0.15, 0.2) is 0 Å². The highest BCUT2D eigenvalue weighted by atomic mass is 16.5. The van der Waals surface area contributed by atoms with Crippen molar-refractivity contribution < 1.29 is 14.7 Å². The maximum atomic E-state index is 11.5. The van der Waals surface area contributed by atoms with E-state index in [1.807, 2.05) is 30.3 Å². The average Bonchev–Trinajstić information content (AvgIpc) is 3.02. The number of carbonyl (C=O) groups excluding carboxylic acids is 1.